The van der Waals surface area contributed by atoms with Crippen LogP contribution < -0.4 is 4.74 Å². The fourth-order valence-electron chi connectivity index (χ4n) is 2.48. The van der Waals surface area contributed by atoms with Crippen LogP contribution in [0.5, 0.6) is 5.75 Å². The van der Waals surface area contributed by atoms with Crippen molar-refractivity contribution in [2.45, 2.75) is 30.1 Å². The molecule has 1 aliphatic heterocycles. The smallest absolute Gasteiger partial charge is 0.255 e. The molecule has 0 spiro atoms. The minimum absolute atomic E-state index is 0.0657. The average Bonchev–Trinajstić information content (AvgIpc) is 2.89. The van der Waals surface area contributed by atoms with Gasteiger partial charge in [0.2, 0.25) is 10.0 Å². The monoisotopic (exact) mass is 395 g/mol. The molecule has 2 aliphatic rings. The van der Waals surface area contributed by atoms with Gasteiger partial charge in [-0.1, -0.05) is 0 Å². The molecule has 122 valence electrons. The van der Waals surface area contributed by atoms with Gasteiger partial charge in [0, 0.05) is 19.5 Å². The summed E-state index contributed by atoms with van der Waals surface area (Å²) in [6.07, 6.45) is 1.60. The number of hydrogen-bond donors (Lipinski definition) is 0. The number of benzene rings is 1. The van der Waals surface area contributed by atoms with Gasteiger partial charge in [-0.25, -0.2) is 17.2 Å². The summed E-state index contributed by atoms with van der Waals surface area (Å²) in [5.74, 6) is -2.98. The summed E-state index contributed by atoms with van der Waals surface area (Å²) >= 11 is 3.25. The summed E-state index contributed by atoms with van der Waals surface area (Å²) in [6.45, 7) is 1.01. The number of rotatable bonds is 5. The Hall–Kier alpha value is -0.730. The zero-order valence-electron chi connectivity index (χ0n) is 11.8. The lowest BCUT2D eigenvalue weighted by atomic mass is 10.3. The van der Waals surface area contributed by atoms with E-state index >= 15 is 0 Å². The van der Waals surface area contributed by atoms with Crippen molar-refractivity contribution >= 4 is 26.0 Å². The molecule has 1 saturated carbocycles. The Balaban J connectivity index is 1.71. The maximum Gasteiger partial charge on any atom is 0.255 e. The van der Waals surface area contributed by atoms with Crippen molar-refractivity contribution in [2.24, 2.45) is 5.92 Å². The number of alkyl halides is 2. The van der Waals surface area contributed by atoms with E-state index in [1.807, 2.05) is 0 Å². The quantitative estimate of drug-likeness (QED) is 0.768. The zero-order valence-corrected chi connectivity index (χ0v) is 14.2. The molecule has 1 aromatic carbocycles. The molecule has 1 heterocycles. The summed E-state index contributed by atoms with van der Waals surface area (Å²) in [4.78, 5) is 0.186. The molecule has 1 saturated heterocycles. The van der Waals surface area contributed by atoms with Gasteiger partial charge in [-0.15, -0.1) is 0 Å². The Morgan fingerprint density at radius 2 is 1.95 bits per heavy atom. The van der Waals surface area contributed by atoms with Crippen LogP contribution >= 0.6 is 15.9 Å². The molecule has 1 atom stereocenters. The first kappa shape index (κ1) is 16.1. The highest BCUT2D eigenvalue weighted by atomic mass is 79.9. The first-order valence-corrected chi connectivity index (χ1v) is 9.34. The van der Waals surface area contributed by atoms with Crippen LogP contribution in [0.1, 0.15) is 19.3 Å². The number of hydrogen-bond acceptors (Lipinski definition) is 3. The minimum Gasteiger partial charge on any atom is -0.492 e. The maximum atomic E-state index is 12.8. The van der Waals surface area contributed by atoms with Crippen molar-refractivity contribution < 1.29 is 21.9 Å². The number of ether oxygens (including phenoxy) is 1. The molecule has 0 bridgehead atoms. The number of nitrogens with zero attached hydrogens (tertiary/aromatic N) is 1. The molecule has 2 fully saturated rings. The molecule has 0 amide bonds. The van der Waals surface area contributed by atoms with Gasteiger partial charge in [-0.05, 0) is 47.0 Å². The molecule has 0 radical (unpaired) electrons. The molecule has 4 nitrogen and oxygen atoms in total. The third-order valence-corrected chi connectivity index (χ3v) is 6.52. The molecule has 1 unspecified atom stereocenters. The highest BCUT2D eigenvalue weighted by Gasteiger charge is 2.57. The Morgan fingerprint density at radius 3 is 2.50 bits per heavy atom. The normalized spacial score (nSPS) is 24.4. The number of sulfonamides is 1. The summed E-state index contributed by atoms with van der Waals surface area (Å²) in [7, 11) is -3.49. The van der Waals surface area contributed by atoms with Crippen molar-refractivity contribution in [1.29, 1.82) is 0 Å². The summed E-state index contributed by atoms with van der Waals surface area (Å²) in [5, 5.41) is 0. The van der Waals surface area contributed by atoms with Crippen LogP contribution in [0, 0.1) is 5.92 Å². The van der Waals surface area contributed by atoms with E-state index in [2.05, 4.69) is 15.9 Å². The summed E-state index contributed by atoms with van der Waals surface area (Å²) < 4.78 is 57.7. The van der Waals surface area contributed by atoms with Gasteiger partial charge in [0.25, 0.3) is 5.92 Å². The van der Waals surface area contributed by atoms with Crippen LogP contribution in [0.3, 0.4) is 0 Å². The predicted octanol–water partition coefficient (Wildman–Crippen LogP) is 3.27. The van der Waals surface area contributed by atoms with Crippen LogP contribution in [0.15, 0.2) is 27.6 Å². The van der Waals surface area contributed by atoms with E-state index in [1.54, 1.807) is 0 Å². The Bertz CT molecular complexity index is 675. The van der Waals surface area contributed by atoms with Crippen molar-refractivity contribution in [3.05, 3.63) is 22.7 Å². The fourth-order valence-corrected chi connectivity index (χ4v) is 4.67. The fraction of sp³-hybridized carbons (Fsp3) is 0.571. The predicted molar refractivity (Wildman–Crippen MR) is 80.7 cm³/mol. The first-order valence-electron chi connectivity index (χ1n) is 7.11. The van der Waals surface area contributed by atoms with Crippen molar-refractivity contribution in [3.8, 4) is 5.75 Å². The van der Waals surface area contributed by atoms with Crippen LogP contribution in [0.2, 0.25) is 0 Å². The van der Waals surface area contributed by atoms with E-state index in [0.717, 1.165) is 12.8 Å². The largest absolute Gasteiger partial charge is 0.492 e. The number of halogens is 3. The second-order valence-electron chi connectivity index (χ2n) is 5.68. The molecule has 1 aromatic rings. The molecule has 8 heteroatoms. The van der Waals surface area contributed by atoms with Gasteiger partial charge in [-0.2, -0.15) is 4.31 Å². The van der Waals surface area contributed by atoms with Crippen LogP contribution in [-0.2, 0) is 10.0 Å². The summed E-state index contributed by atoms with van der Waals surface area (Å²) in [6, 6.07) is 4.43. The van der Waals surface area contributed by atoms with E-state index < -0.39 is 21.9 Å². The van der Waals surface area contributed by atoms with E-state index in [0.29, 0.717) is 23.3 Å². The summed E-state index contributed by atoms with van der Waals surface area (Å²) in [5.41, 5.74) is 0. The highest BCUT2D eigenvalue weighted by molar-refractivity contribution is 9.10. The highest BCUT2D eigenvalue weighted by Crippen LogP contribution is 2.48. The van der Waals surface area contributed by atoms with Gasteiger partial charge >= 0.3 is 0 Å². The third kappa shape index (κ3) is 3.14. The first-order chi connectivity index (χ1) is 10.3. The zero-order chi connectivity index (χ0) is 16.0. The SMILES string of the molecule is O=S(=O)(c1ccc(OCC2CC2(F)F)c(Br)c1)N1CCCC1. The van der Waals surface area contributed by atoms with Gasteiger partial charge in [0.15, 0.2) is 0 Å². The third-order valence-electron chi connectivity index (χ3n) is 4.00. The molecule has 0 aromatic heterocycles. The average molecular weight is 396 g/mol. The lowest BCUT2D eigenvalue weighted by Gasteiger charge is -2.16. The van der Waals surface area contributed by atoms with Crippen molar-refractivity contribution in [3.63, 3.8) is 0 Å². The second kappa shape index (κ2) is 5.72. The molecule has 1 aliphatic carbocycles. The van der Waals surface area contributed by atoms with Crippen LogP contribution in [0.25, 0.3) is 0 Å². The van der Waals surface area contributed by atoms with Gasteiger partial charge in [0.1, 0.15) is 5.75 Å². The van der Waals surface area contributed by atoms with E-state index in [-0.39, 0.29) is 17.9 Å². The second-order valence-corrected chi connectivity index (χ2v) is 8.47. The van der Waals surface area contributed by atoms with Crippen LogP contribution in [-0.4, -0.2) is 38.3 Å². The lowest BCUT2D eigenvalue weighted by molar-refractivity contribution is 0.0855. The standard InChI is InChI=1S/C14H16BrF2NO3S/c15-12-7-11(22(19,20)18-5-1-2-6-18)3-4-13(12)21-9-10-8-14(10,16)17/h3-4,7,10H,1-2,5-6,8-9H2. The van der Waals surface area contributed by atoms with E-state index in [4.69, 9.17) is 4.74 Å². The molecular formula is C14H16BrF2NO3S. The Labute approximate surface area is 136 Å². The lowest BCUT2D eigenvalue weighted by Crippen LogP contribution is -2.27. The Morgan fingerprint density at radius 1 is 1.32 bits per heavy atom. The van der Waals surface area contributed by atoms with Crippen LogP contribution in [0.4, 0.5) is 8.78 Å². The van der Waals surface area contributed by atoms with Crippen molar-refractivity contribution in [2.75, 3.05) is 19.7 Å². The topological polar surface area (TPSA) is 46.6 Å². The minimum atomic E-state index is -3.49. The van der Waals surface area contributed by atoms with Crippen molar-refractivity contribution in [1.82, 2.24) is 4.31 Å². The van der Waals surface area contributed by atoms with Gasteiger partial charge in [0.05, 0.1) is 21.9 Å². The molecular weight excluding hydrogens is 380 g/mol. The van der Waals surface area contributed by atoms with Gasteiger partial charge in [-0.3, -0.25) is 0 Å². The maximum absolute atomic E-state index is 12.8. The molecule has 0 N–H and O–H groups in total. The molecule has 22 heavy (non-hydrogen) atoms. The molecule has 3 rings (SSSR count). The Kier molecular flexibility index (Phi) is 4.20. The van der Waals surface area contributed by atoms with E-state index in [1.165, 1.54) is 22.5 Å². The van der Waals surface area contributed by atoms with Gasteiger partial charge < -0.3 is 4.74 Å². The van der Waals surface area contributed by atoms with E-state index in [9.17, 15) is 17.2 Å².